The SMILES string of the molecule is COc1ccc(-c2nc3sc(C)c(C)c3c(=O)n2CCC(C)=O)cc1OC. The van der Waals surface area contributed by atoms with Crippen molar-refractivity contribution in [2.24, 2.45) is 0 Å². The number of hydrogen-bond acceptors (Lipinski definition) is 6. The normalized spacial score (nSPS) is 11.0. The molecule has 2 aromatic heterocycles. The number of benzene rings is 1. The Morgan fingerprint density at radius 3 is 2.52 bits per heavy atom. The summed E-state index contributed by atoms with van der Waals surface area (Å²) in [6.07, 6.45) is 0.273. The maximum Gasteiger partial charge on any atom is 0.262 e. The standard InChI is InChI=1S/C20H22N2O4S/c1-11(23)8-9-22-18(14-6-7-15(25-4)16(10-14)26-5)21-19-17(20(22)24)12(2)13(3)27-19/h6-7,10H,8-9H2,1-5H3. The molecule has 3 aromatic rings. The van der Waals surface area contributed by atoms with Crippen molar-refractivity contribution in [1.29, 1.82) is 0 Å². The molecule has 7 heteroatoms. The van der Waals surface area contributed by atoms with Crippen LogP contribution in [0.25, 0.3) is 21.6 Å². The topological polar surface area (TPSA) is 70.4 Å². The molecule has 0 radical (unpaired) electrons. The van der Waals surface area contributed by atoms with Crippen molar-refractivity contribution in [3.05, 3.63) is 39.0 Å². The van der Waals surface area contributed by atoms with E-state index >= 15 is 0 Å². The number of nitrogens with zero attached hydrogens (tertiary/aromatic N) is 2. The Balaban J connectivity index is 2.28. The highest BCUT2D eigenvalue weighted by Gasteiger charge is 2.19. The number of fused-ring (bicyclic) bond motifs is 1. The third-order valence-electron chi connectivity index (χ3n) is 4.62. The van der Waals surface area contributed by atoms with Gasteiger partial charge >= 0.3 is 0 Å². The quantitative estimate of drug-likeness (QED) is 0.645. The molecule has 0 atom stereocenters. The number of methoxy groups -OCH3 is 2. The molecule has 0 N–H and O–H groups in total. The lowest BCUT2D eigenvalue weighted by molar-refractivity contribution is -0.117. The molecule has 27 heavy (non-hydrogen) atoms. The highest BCUT2D eigenvalue weighted by molar-refractivity contribution is 7.18. The molecule has 0 aliphatic heterocycles. The molecule has 0 aliphatic carbocycles. The molecule has 6 nitrogen and oxygen atoms in total. The minimum absolute atomic E-state index is 0.0264. The highest BCUT2D eigenvalue weighted by atomic mass is 32.1. The first kappa shape index (κ1) is 19.1. The summed E-state index contributed by atoms with van der Waals surface area (Å²) in [7, 11) is 3.13. The van der Waals surface area contributed by atoms with Crippen LogP contribution in [0.4, 0.5) is 0 Å². The van der Waals surface area contributed by atoms with Gasteiger partial charge < -0.3 is 9.47 Å². The first-order chi connectivity index (χ1) is 12.9. The average Bonchev–Trinajstić information content (AvgIpc) is 2.94. The molecule has 0 spiro atoms. The number of aromatic nitrogens is 2. The molecule has 0 aliphatic rings. The van der Waals surface area contributed by atoms with E-state index in [1.807, 2.05) is 19.9 Å². The van der Waals surface area contributed by atoms with E-state index in [0.29, 0.717) is 27.5 Å². The second-order valence-electron chi connectivity index (χ2n) is 6.38. The van der Waals surface area contributed by atoms with Crippen molar-refractivity contribution in [2.75, 3.05) is 14.2 Å². The van der Waals surface area contributed by atoms with Gasteiger partial charge in [0.15, 0.2) is 11.5 Å². The zero-order chi connectivity index (χ0) is 19.7. The van der Waals surface area contributed by atoms with E-state index in [9.17, 15) is 9.59 Å². The summed E-state index contributed by atoms with van der Waals surface area (Å²) in [5, 5.41) is 0.630. The van der Waals surface area contributed by atoms with Crippen LogP contribution in [0.5, 0.6) is 11.5 Å². The van der Waals surface area contributed by atoms with Crippen molar-refractivity contribution in [1.82, 2.24) is 9.55 Å². The third kappa shape index (κ3) is 3.47. The molecule has 3 rings (SSSR count). The van der Waals surface area contributed by atoms with Gasteiger partial charge in [-0.2, -0.15) is 0 Å². The number of carbonyl (C=O) groups is 1. The van der Waals surface area contributed by atoms with Crippen molar-refractivity contribution in [2.45, 2.75) is 33.7 Å². The smallest absolute Gasteiger partial charge is 0.262 e. The predicted molar refractivity (Wildman–Crippen MR) is 107 cm³/mol. The number of aryl methyl sites for hydroxylation is 2. The van der Waals surface area contributed by atoms with Crippen molar-refractivity contribution in [3.63, 3.8) is 0 Å². The van der Waals surface area contributed by atoms with E-state index in [1.165, 1.54) is 18.3 Å². The summed E-state index contributed by atoms with van der Waals surface area (Å²) < 4.78 is 12.3. The minimum atomic E-state index is -0.118. The molecule has 0 bridgehead atoms. The lowest BCUT2D eigenvalue weighted by atomic mass is 10.1. The van der Waals surface area contributed by atoms with Gasteiger partial charge in [-0.3, -0.25) is 14.2 Å². The van der Waals surface area contributed by atoms with Crippen LogP contribution in [-0.2, 0) is 11.3 Å². The Kier molecular flexibility index (Phi) is 5.32. The van der Waals surface area contributed by atoms with Gasteiger partial charge in [-0.25, -0.2) is 4.98 Å². The van der Waals surface area contributed by atoms with Gasteiger partial charge in [0, 0.05) is 23.4 Å². The minimum Gasteiger partial charge on any atom is -0.493 e. The Bertz CT molecular complexity index is 1080. The fraction of sp³-hybridized carbons (Fsp3) is 0.350. The molecule has 0 saturated heterocycles. The van der Waals surface area contributed by atoms with Gasteiger partial charge in [-0.15, -0.1) is 11.3 Å². The van der Waals surface area contributed by atoms with Crippen molar-refractivity contribution in [3.8, 4) is 22.9 Å². The number of Topliss-reactive ketones (excluding diaryl/α,β-unsaturated/α-hetero) is 1. The van der Waals surface area contributed by atoms with Gasteiger partial charge in [0.05, 0.1) is 19.6 Å². The summed E-state index contributed by atoms with van der Waals surface area (Å²) in [6, 6.07) is 5.42. The van der Waals surface area contributed by atoms with Crippen LogP contribution in [0, 0.1) is 13.8 Å². The van der Waals surface area contributed by atoms with E-state index < -0.39 is 0 Å². The first-order valence-electron chi connectivity index (χ1n) is 8.59. The summed E-state index contributed by atoms with van der Waals surface area (Å²) in [4.78, 5) is 31.3. The number of ketones is 1. The summed E-state index contributed by atoms with van der Waals surface area (Å²) in [6.45, 7) is 5.72. The number of thiophene rings is 1. The number of carbonyl (C=O) groups excluding carboxylic acids is 1. The fourth-order valence-corrected chi connectivity index (χ4v) is 4.02. The number of rotatable bonds is 6. The van der Waals surface area contributed by atoms with E-state index in [1.54, 1.807) is 30.9 Å². The van der Waals surface area contributed by atoms with Crippen LogP contribution in [0.1, 0.15) is 23.8 Å². The van der Waals surface area contributed by atoms with Crippen molar-refractivity contribution < 1.29 is 14.3 Å². The molecular weight excluding hydrogens is 364 g/mol. The molecule has 0 fully saturated rings. The van der Waals surface area contributed by atoms with Crippen LogP contribution < -0.4 is 15.0 Å². The third-order valence-corrected chi connectivity index (χ3v) is 5.72. The molecule has 142 valence electrons. The molecule has 0 amide bonds. The highest BCUT2D eigenvalue weighted by Crippen LogP contribution is 2.33. The summed E-state index contributed by atoms with van der Waals surface area (Å²) in [5.74, 6) is 1.71. The van der Waals surface area contributed by atoms with Gasteiger partial charge in [0.1, 0.15) is 16.4 Å². The second-order valence-corrected chi connectivity index (χ2v) is 7.58. The maximum atomic E-state index is 13.2. The van der Waals surface area contributed by atoms with Crippen LogP contribution in [-0.4, -0.2) is 29.6 Å². The monoisotopic (exact) mass is 386 g/mol. The molecule has 2 heterocycles. The Labute approximate surface area is 161 Å². The largest absolute Gasteiger partial charge is 0.493 e. The fourth-order valence-electron chi connectivity index (χ4n) is 3.00. The van der Waals surface area contributed by atoms with Gasteiger partial charge in [-0.1, -0.05) is 0 Å². The molecule has 0 saturated carbocycles. The summed E-state index contributed by atoms with van der Waals surface area (Å²) >= 11 is 1.51. The van der Waals surface area contributed by atoms with E-state index in [4.69, 9.17) is 14.5 Å². The van der Waals surface area contributed by atoms with E-state index in [0.717, 1.165) is 16.0 Å². The first-order valence-corrected chi connectivity index (χ1v) is 9.41. The summed E-state index contributed by atoms with van der Waals surface area (Å²) in [5.41, 5.74) is 1.56. The zero-order valence-electron chi connectivity index (χ0n) is 16.1. The van der Waals surface area contributed by atoms with Crippen molar-refractivity contribution >= 4 is 27.3 Å². The van der Waals surface area contributed by atoms with Crippen LogP contribution in [0.3, 0.4) is 0 Å². The lowest BCUT2D eigenvalue weighted by Gasteiger charge is -2.14. The van der Waals surface area contributed by atoms with E-state index in [2.05, 4.69) is 0 Å². The average molecular weight is 386 g/mol. The van der Waals surface area contributed by atoms with E-state index in [-0.39, 0.29) is 24.3 Å². The number of hydrogen-bond donors (Lipinski definition) is 0. The number of ether oxygens (including phenoxy) is 2. The molecular formula is C20H22N2O4S. The Hall–Kier alpha value is -2.67. The van der Waals surface area contributed by atoms with Crippen LogP contribution in [0.15, 0.2) is 23.0 Å². The van der Waals surface area contributed by atoms with Crippen LogP contribution in [0.2, 0.25) is 0 Å². The molecule has 1 aromatic carbocycles. The Morgan fingerprint density at radius 1 is 1.19 bits per heavy atom. The molecule has 0 unspecified atom stereocenters. The van der Waals surface area contributed by atoms with Gasteiger partial charge in [-0.05, 0) is 44.5 Å². The Morgan fingerprint density at radius 2 is 1.89 bits per heavy atom. The van der Waals surface area contributed by atoms with Crippen LogP contribution >= 0.6 is 11.3 Å². The predicted octanol–water partition coefficient (Wildman–Crippen LogP) is 3.74. The van der Waals surface area contributed by atoms with Gasteiger partial charge in [0.25, 0.3) is 5.56 Å². The second kappa shape index (κ2) is 7.52. The lowest BCUT2D eigenvalue weighted by Crippen LogP contribution is -2.24. The van der Waals surface area contributed by atoms with Gasteiger partial charge in [0.2, 0.25) is 0 Å². The maximum absolute atomic E-state index is 13.2. The zero-order valence-corrected chi connectivity index (χ0v) is 16.9.